The number of Topliss-reactive ketones (excluding diaryl/α,β-unsaturated/α-hetero) is 1. The second-order valence-electron chi connectivity index (χ2n) is 6.85. The highest BCUT2D eigenvalue weighted by atomic mass is 19.4. The maximum absolute atomic E-state index is 13.8. The summed E-state index contributed by atoms with van der Waals surface area (Å²) in [5.74, 6) is -3.46. The molecule has 2 aromatic carbocycles. The standard InChI is InChI=1S/C21H16F4O4/c1-12-8-9-28-19(12)18(26)16-7-6-15(22)11-17(16)29-20(19,27-2)13-4-3-5-14(10-13)21(23,24)25/h3-8,10-11H,9H2,1-2H3/t19-,20+/m1/s1. The number of rotatable bonds is 2. The molecule has 0 unspecified atom stereocenters. The van der Waals surface area contributed by atoms with Crippen molar-refractivity contribution in [2.45, 2.75) is 24.5 Å². The molecule has 0 fully saturated rings. The summed E-state index contributed by atoms with van der Waals surface area (Å²) >= 11 is 0. The molecule has 0 aliphatic carbocycles. The molecule has 0 saturated heterocycles. The minimum atomic E-state index is -4.62. The van der Waals surface area contributed by atoms with Gasteiger partial charge in [0.2, 0.25) is 11.4 Å². The van der Waals surface area contributed by atoms with Crippen molar-refractivity contribution in [3.63, 3.8) is 0 Å². The van der Waals surface area contributed by atoms with Gasteiger partial charge in [0.25, 0.3) is 5.79 Å². The SMILES string of the molecule is CO[C@@]1(c2cccc(C(F)(F)F)c2)Oc2cc(F)ccc2C(=O)[C@@]12OCC=C2C. The monoisotopic (exact) mass is 408 g/mol. The number of ketones is 1. The summed E-state index contributed by atoms with van der Waals surface area (Å²) in [5, 5.41) is 0. The smallest absolute Gasteiger partial charge is 0.416 e. The molecule has 4 nitrogen and oxygen atoms in total. The Hall–Kier alpha value is -2.71. The van der Waals surface area contributed by atoms with Gasteiger partial charge in [0.05, 0.1) is 17.7 Å². The van der Waals surface area contributed by atoms with Crippen molar-refractivity contribution in [1.29, 1.82) is 0 Å². The van der Waals surface area contributed by atoms with Crippen LogP contribution in [0.4, 0.5) is 17.6 Å². The third kappa shape index (κ3) is 2.63. The average molecular weight is 408 g/mol. The number of carbonyl (C=O) groups excluding carboxylic acids is 1. The molecule has 0 amide bonds. The van der Waals surface area contributed by atoms with E-state index in [0.717, 1.165) is 24.3 Å². The van der Waals surface area contributed by atoms with Gasteiger partial charge in [-0.25, -0.2) is 4.39 Å². The molecule has 2 heterocycles. The first-order chi connectivity index (χ1) is 13.7. The number of hydrogen-bond acceptors (Lipinski definition) is 4. The quantitative estimate of drug-likeness (QED) is 0.537. The van der Waals surface area contributed by atoms with Crippen molar-refractivity contribution in [1.82, 2.24) is 0 Å². The average Bonchev–Trinajstić information content (AvgIpc) is 3.07. The van der Waals surface area contributed by atoms with Crippen LogP contribution in [0.3, 0.4) is 0 Å². The van der Waals surface area contributed by atoms with E-state index in [2.05, 4.69) is 0 Å². The molecule has 0 bridgehead atoms. The molecule has 2 aromatic rings. The molecule has 1 spiro atoms. The van der Waals surface area contributed by atoms with Gasteiger partial charge in [-0.3, -0.25) is 4.79 Å². The Balaban J connectivity index is 2.02. The lowest BCUT2D eigenvalue weighted by molar-refractivity contribution is -0.261. The van der Waals surface area contributed by atoms with Crippen LogP contribution in [0.1, 0.15) is 28.4 Å². The van der Waals surface area contributed by atoms with E-state index < -0.39 is 34.7 Å². The first kappa shape index (κ1) is 19.6. The van der Waals surface area contributed by atoms with E-state index in [9.17, 15) is 22.4 Å². The molecular weight excluding hydrogens is 392 g/mol. The maximum atomic E-state index is 13.8. The summed E-state index contributed by atoms with van der Waals surface area (Å²) in [6.45, 7) is 1.66. The molecule has 29 heavy (non-hydrogen) atoms. The van der Waals surface area contributed by atoms with Gasteiger partial charge in [-0.2, -0.15) is 13.2 Å². The zero-order valence-corrected chi connectivity index (χ0v) is 15.5. The summed E-state index contributed by atoms with van der Waals surface area (Å²) in [4.78, 5) is 13.5. The van der Waals surface area contributed by atoms with Crippen LogP contribution in [0, 0.1) is 5.82 Å². The summed E-state index contributed by atoms with van der Waals surface area (Å²) in [6.07, 6.45) is -2.99. The second kappa shape index (κ2) is 6.40. The third-order valence-corrected chi connectivity index (χ3v) is 5.33. The normalized spacial score (nSPS) is 26.3. The van der Waals surface area contributed by atoms with Crippen LogP contribution in [0.15, 0.2) is 54.1 Å². The Labute approximate surface area is 163 Å². The number of ether oxygens (including phenoxy) is 3. The molecule has 0 saturated carbocycles. The van der Waals surface area contributed by atoms with Crippen LogP contribution in [0.25, 0.3) is 0 Å². The Morgan fingerprint density at radius 3 is 2.52 bits per heavy atom. The number of halogens is 4. The Kier molecular flexibility index (Phi) is 4.32. The van der Waals surface area contributed by atoms with E-state index in [1.807, 2.05) is 0 Å². The fourth-order valence-electron chi connectivity index (χ4n) is 3.95. The van der Waals surface area contributed by atoms with Crippen LogP contribution < -0.4 is 4.74 Å². The van der Waals surface area contributed by atoms with E-state index in [1.54, 1.807) is 13.0 Å². The van der Waals surface area contributed by atoms with E-state index >= 15 is 0 Å². The van der Waals surface area contributed by atoms with Crippen molar-refractivity contribution in [3.8, 4) is 5.75 Å². The Morgan fingerprint density at radius 1 is 1.14 bits per heavy atom. The number of carbonyl (C=O) groups is 1. The highest BCUT2D eigenvalue weighted by Crippen LogP contribution is 2.53. The zero-order valence-electron chi connectivity index (χ0n) is 15.5. The summed E-state index contributed by atoms with van der Waals surface area (Å²) in [7, 11) is 1.20. The van der Waals surface area contributed by atoms with Crippen molar-refractivity contribution in [2.24, 2.45) is 0 Å². The van der Waals surface area contributed by atoms with Crippen LogP contribution in [-0.2, 0) is 21.4 Å². The summed E-state index contributed by atoms with van der Waals surface area (Å²) in [5.41, 5.74) is -2.39. The molecule has 152 valence electrons. The molecular formula is C21H16F4O4. The molecule has 0 radical (unpaired) electrons. The van der Waals surface area contributed by atoms with Crippen molar-refractivity contribution in [3.05, 3.63) is 76.6 Å². The topological polar surface area (TPSA) is 44.8 Å². The lowest BCUT2D eigenvalue weighted by Crippen LogP contribution is -2.64. The predicted molar refractivity (Wildman–Crippen MR) is 93.9 cm³/mol. The number of methoxy groups -OCH3 is 1. The van der Waals surface area contributed by atoms with Gasteiger partial charge in [0, 0.05) is 18.7 Å². The maximum Gasteiger partial charge on any atom is 0.416 e. The van der Waals surface area contributed by atoms with Gasteiger partial charge in [0.1, 0.15) is 11.6 Å². The van der Waals surface area contributed by atoms with Crippen LogP contribution in [0.5, 0.6) is 5.75 Å². The molecule has 2 aliphatic heterocycles. The van der Waals surface area contributed by atoms with Crippen molar-refractivity contribution >= 4 is 5.78 Å². The van der Waals surface area contributed by atoms with Gasteiger partial charge in [-0.15, -0.1) is 0 Å². The van der Waals surface area contributed by atoms with E-state index in [1.165, 1.54) is 25.3 Å². The van der Waals surface area contributed by atoms with Crippen molar-refractivity contribution < 1.29 is 36.6 Å². The lowest BCUT2D eigenvalue weighted by Gasteiger charge is -2.49. The minimum Gasteiger partial charge on any atom is -0.453 e. The van der Waals surface area contributed by atoms with Crippen LogP contribution in [0.2, 0.25) is 0 Å². The highest BCUT2D eigenvalue weighted by Gasteiger charge is 2.67. The van der Waals surface area contributed by atoms with Gasteiger partial charge >= 0.3 is 6.18 Å². The van der Waals surface area contributed by atoms with E-state index in [-0.39, 0.29) is 23.5 Å². The van der Waals surface area contributed by atoms with Gasteiger partial charge in [0.15, 0.2) is 0 Å². The predicted octanol–water partition coefficient (Wildman–Crippen LogP) is 4.63. The molecule has 8 heteroatoms. The Morgan fingerprint density at radius 2 is 1.90 bits per heavy atom. The largest absolute Gasteiger partial charge is 0.453 e. The molecule has 0 N–H and O–H groups in total. The lowest BCUT2D eigenvalue weighted by atomic mass is 9.74. The van der Waals surface area contributed by atoms with E-state index in [4.69, 9.17) is 14.2 Å². The highest BCUT2D eigenvalue weighted by molar-refractivity contribution is 6.09. The fourth-order valence-corrected chi connectivity index (χ4v) is 3.95. The van der Waals surface area contributed by atoms with Crippen LogP contribution in [-0.4, -0.2) is 25.1 Å². The molecule has 2 atom stereocenters. The second-order valence-corrected chi connectivity index (χ2v) is 6.85. The van der Waals surface area contributed by atoms with Crippen LogP contribution >= 0.6 is 0 Å². The first-order valence-corrected chi connectivity index (χ1v) is 8.73. The molecule has 0 aromatic heterocycles. The summed E-state index contributed by atoms with van der Waals surface area (Å²) < 4.78 is 71.2. The number of benzene rings is 2. The van der Waals surface area contributed by atoms with Crippen molar-refractivity contribution in [2.75, 3.05) is 13.7 Å². The minimum absolute atomic E-state index is 0.0432. The molecule has 2 aliphatic rings. The third-order valence-electron chi connectivity index (χ3n) is 5.33. The van der Waals surface area contributed by atoms with E-state index in [0.29, 0.717) is 5.57 Å². The first-order valence-electron chi connectivity index (χ1n) is 8.73. The molecule has 4 rings (SSSR count). The Bertz CT molecular complexity index is 1030. The van der Waals surface area contributed by atoms with Gasteiger partial charge in [-0.05, 0) is 36.8 Å². The number of hydrogen-bond donors (Lipinski definition) is 0. The fraction of sp³-hybridized carbons (Fsp3) is 0.286. The number of alkyl halides is 3. The summed E-state index contributed by atoms with van der Waals surface area (Å²) in [6, 6.07) is 7.65. The zero-order chi connectivity index (χ0) is 21.0. The van der Waals surface area contributed by atoms with Gasteiger partial charge in [-0.1, -0.05) is 18.2 Å². The van der Waals surface area contributed by atoms with Gasteiger partial charge < -0.3 is 14.2 Å². The number of fused-ring (bicyclic) bond motifs is 1.